The summed E-state index contributed by atoms with van der Waals surface area (Å²) in [6.45, 7) is 2.80. The van der Waals surface area contributed by atoms with Crippen molar-refractivity contribution in [1.29, 1.82) is 0 Å². The molecule has 0 unspecified atom stereocenters. The Morgan fingerprint density at radius 1 is 0.614 bits per heavy atom. The first-order valence-corrected chi connectivity index (χ1v) is 14.9. The molecular weight excluding hydrogens is 560 g/mol. The summed E-state index contributed by atoms with van der Waals surface area (Å²) >= 11 is 0. The van der Waals surface area contributed by atoms with E-state index in [4.69, 9.17) is 0 Å². The first kappa shape index (κ1) is 30.4. The highest BCUT2D eigenvalue weighted by Crippen LogP contribution is 2.09. The van der Waals surface area contributed by atoms with Gasteiger partial charge in [-0.05, 0) is 75.2 Å². The van der Waals surface area contributed by atoms with Gasteiger partial charge >= 0.3 is 11.4 Å². The third-order valence-corrected chi connectivity index (χ3v) is 7.66. The zero-order valence-electron chi connectivity index (χ0n) is 24.5. The number of rotatable bonds is 14. The number of para-hydroxylation sites is 2. The van der Waals surface area contributed by atoms with Crippen molar-refractivity contribution in [2.24, 2.45) is 0 Å². The van der Waals surface area contributed by atoms with Crippen molar-refractivity contribution in [1.82, 2.24) is 29.3 Å². The number of hydrogen-bond donors (Lipinski definition) is 3. The average Bonchev–Trinajstić information content (AvgIpc) is 3.04. The standard InChI is InChI=1S/C33H36N6O5/c40-29(24-12-2-1-3-13-24)37(21-11-23-39-31(42)26-15-5-7-17-28(26)36-33(39)44)20-9-8-18-34-19-10-22-38-30(41)25-14-4-6-16-27(25)35-32(38)43/h1-7,12-17,34H,8-11,18-23H2,(H,35,43)(H,36,44). The Kier molecular flexibility index (Phi) is 9.98. The number of H-pyrrole nitrogens is 2. The topological polar surface area (TPSA) is 142 Å². The van der Waals surface area contributed by atoms with E-state index in [1.54, 1.807) is 65.6 Å². The Morgan fingerprint density at radius 2 is 1.11 bits per heavy atom. The maximum atomic E-state index is 13.3. The molecule has 0 atom stereocenters. The zero-order chi connectivity index (χ0) is 30.9. The summed E-state index contributed by atoms with van der Waals surface area (Å²) in [7, 11) is 0. The Morgan fingerprint density at radius 3 is 1.73 bits per heavy atom. The summed E-state index contributed by atoms with van der Waals surface area (Å²) in [5.41, 5.74) is 0.125. The van der Waals surface area contributed by atoms with Gasteiger partial charge in [0.25, 0.3) is 17.0 Å². The van der Waals surface area contributed by atoms with E-state index >= 15 is 0 Å². The highest BCUT2D eigenvalue weighted by Gasteiger charge is 2.16. The predicted octanol–water partition coefficient (Wildman–Crippen LogP) is 2.69. The average molecular weight is 597 g/mol. The number of unbranched alkanes of at least 4 members (excludes halogenated alkanes) is 1. The van der Waals surface area contributed by atoms with Crippen LogP contribution in [0.2, 0.25) is 0 Å². The number of amides is 1. The highest BCUT2D eigenvalue weighted by molar-refractivity contribution is 5.94. The van der Waals surface area contributed by atoms with Crippen LogP contribution in [0.15, 0.2) is 98.0 Å². The number of carbonyl (C=O) groups excluding carboxylic acids is 1. The van der Waals surface area contributed by atoms with Crippen molar-refractivity contribution in [3.05, 3.63) is 126 Å². The summed E-state index contributed by atoms with van der Waals surface area (Å²) in [4.78, 5) is 71.0. The summed E-state index contributed by atoms with van der Waals surface area (Å²) < 4.78 is 2.42. The van der Waals surface area contributed by atoms with Crippen LogP contribution in [-0.4, -0.2) is 56.1 Å². The molecule has 0 fully saturated rings. The number of carbonyl (C=O) groups is 1. The summed E-state index contributed by atoms with van der Waals surface area (Å²) in [5.74, 6) is -0.0932. The molecule has 11 nitrogen and oxygen atoms in total. The van der Waals surface area contributed by atoms with Gasteiger partial charge in [0.1, 0.15) is 0 Å². The number of aromatic nitrogens is 4. The van der Waals surface area contributed by atoms with Crippen molar-refractivity contribution < 1.29 is 4.79 Å². The molecular formula is C33H36N6O5. The van der Waals surface area contributed by atoms with E-state index in [1.165, 1.54) is 9.13 Å². The normalized spacial score (nSPS) is 11.3. The Hall–Kier alpha value is -5.03. The fourth-order valence-electron chi connectivity index (χ4n) is 5.34. The van der Waals surface area contributed by atoms with Gasteiger partial charge in [-0.1, -0.05) is 42.5 Å². The van der Waals surface area contributed by atoms with Gasteiger partial charge in [-0.3, -0.25) is 23.5 Å². The van der Waals surface area contributed by atoms with Crippen molar-refractivity contribution in [3.8, 4) is 0 Å². The first-order valence-electron chi connectivity index (χ1n) is 14.9. The quantitative estimate of drug-likeness (QED) is 0.168. The van der Waals surface area contributed by atoms with E-state index in [-0.39, 0.29) is 23.6 Å². The molecule has 1 amide bonds. The lowest BCUT2D eigenvalue weighted by Crippen LogP contribution is -2.38. The number of fused-ring (bicyclic) bond motifs is 2. The van der Waals surface area contributed by atoms with Crippen molar-refractivity contribution in [2.45, 2.75) is 38.8 Å². The molecule has 2 heterocycles. The maximum absolute atomic E-state index is 13.3. The van der Waals surface area contributed by atoms with Gasteiger partial charge in [0.2, 0.25) is 0 Å². The number of nitrogens with one attached hydrogen (secondary N) is 3. The number of hydrogen-bond acceptors (Lipinski definition) is 6. The van der Waals surface area contributed by atoms with Gasteiger partial charge in [-0.2, -0.15) is 0 Å². The molecule has 0 aliphatic heterocycles. The zero-order valence-corrected chi connectivity index (χ0v) is 24.5. The van der Waals surface area contributed by atoms with Crippen molar-refractivity contribution in [2.75, 3.05) is 26.2 Å². The minimum atomic E-state index is -0.462. The summed E-state index contributed by atoms with van der Waals surface area (Å²) in [6, 6.07) is 22.9. The fraction of sp³-hybridized carbons (Fsp3) is 0.303. The predicted molar refractivity (Wildman–Crippen MR) is 171 cm³/mol. The molecule has 3 aromatic carbocycles. The van der Waals surface area contributed by atoms with E-state index in [2.05, 4.69) is 15.3 Å². The van der Waals surface area contributed by atoms with Crippen LogP contribution in [0.25, 0.3) is 21.8 Å². The van der Waals surface area contributed by atoms with Crippen LogP contribution in [-0.2, 0) is 13.1 Å². The first-order chi connectivity index (χ1) is 21.4. The lowest BCUT2D eigenvalue weighted by atomic mass is 10.1. The molecule has 3 N–H and O–H groups in total. The molecule has 0 radical (unpaired) electrons. The molecule has 0 bridgehead atoms. The van der Waals surface area contributed by atoms with Crippen LogP contribution in [0.3, 0.4) is 0 Å². The van der Waals surface area contributed by atoms with Crippen molar-refractivity contribution >= 4 is 27.7 Å². The van der Waals surface area contributed by atoms with Crippen LogP contribution in [0.4, 0.5) is 0 Å². The van der Waals surface area contributed by atoms with Crippen LogP contribution in [0, 0.1) is 0 Å². The molecule has 0 spiro atoms. The maximum Gasteiger partial charge on any atom is 0.328 e. The molecule has 0 aliphatic rings. The Labute approximate surface area is 252 Å². The molecule has 228 valence electrons. The summed E-state index contributed by atoms with van der Waals surface area (Å²) in [5, 5.41) is 4.29. The minimum Gasteiger partial charge on any atom is -0.339 e. The van der Waals surface area contributed by atoms with Gasteiger partial charge in [-0.15, -0.1) is 0 Å². The van der Waals surface area contributed by atoms with Gasteiger partial charge < -0.3 is 20.2 Å². The van der Waals surface area contributed by atoms with Crippen LogP contribution >= 0.6 is 0 Å². The minimum absolute atomic E-state index is 0.0932. The molecule has 0 aliphatic carbocycles. The Balaban J connectivity index is 1.11. The molecule has 0 saturated carbocycles. The fourth-order valence-corrected chi connectivity index (χ4v) is 5.34. The number of benzene rings is 3. The molecule has 11 heteroatoms. The molecule has 0 saturated heterocycles. The van der Waals surface area contributed by atoms with Gasteiger partial charge in [0, 0.05) is 31.7 Å². The van der Waals surface area contributed by atoms with E-state index in [0.717, 1.165) is 19.4 Å². The van der Waals surface area contributed by atoms with E-state index < -0.39 is 11.4 Å². The largest absolute Gasteiger partial charge is 0.339 e. The van der Waals surface area contributed by atoms with Crippen LogP contribution in [0.5, 0.6) is 0 Å². The second-order valence-electron chi connectivity index (χ2n) is 10.7. The lowest BCUT2D eigenvalue weighted by molar-refractivity contribution is 0.0748. The monoisotopic (exact) mass is 596 g/mol. The second-order valence-corrected chi connectivity index (χ2v) is 10.7. The van der Waals surface area contributed by atoms with Gasteiger partial charge in [-0.25, -0.2) is 9.59 Å². The molecule has 5 aromatic rings. The second kappa shape index (κ2) is 14.4. The van der Waals surface area contributed by atoms with Gasteiger partial charge in [0.05, 0.1) is 21.8 Å². The van der Waals surface area contributed by atoms with E-state index in [1.807, 2.05) is 18.2 Å². The third-order valence-electron chi connectivity index (χ3n) is 7.66. The van der Waals surface area contributed by atoms with Crippen LogP contribution in [0.1, 0.15) is 36.0 Å². The lowest BCUT2D eigenvalue weighted by Gasteiger charge is -2.23. The molecule has 2 aromatic heterocycles. The number of nitrogens with zero attached hydrogens (tertiary/aromatic N) is 3. The Bertz CT molecular complexity index is 1980. The third kappa shape index (κ3) is 7.12. The van der Waals surface area contributed by atoms with Crippen LogP contribution < -0.4 is 27.8 Å². The van der Waals surface area contributed by atoms with Crippen molar-refractivity contribution in [3.63, 3.8) is 0 Å². The summed E-state index contributed by atoms with van der Waals surface area (Å²) in [6.07, 6.45) is 2.64. The highest BCUT2D eigenvalue weighted by atomic mass is 16.2. The van der Waals surface area contributed by atoms with Gasteiger partial charge in [0.15, 0.2) is 0 Å². The van der Waals surface area contributed by atoms with E-state index in [9.17, 15) is 24.0 Å². The smallest absolute Gasteiger partial charge is 0.328 e. The van der Waals surface area contributed by atoms with E-state index in [0.29, 0.717) is 66.4 Å². The molecule has 5 rings (SSSR count). The SMILES string of the molecule is O=C(c1ccccc1)N(CCCCNCCCn1c(=O)[nH]c2ccccc2c1=O)CCCn1c(=O)[nH]c2ccccc2c1=O. The molecule has 44 heavy (non-hydrogen) atoms. The number of aromatic amines is 2.